The number of rotatable bonds is 4. The maximum Gasteiger partial charge on any atom is 0.188 e. The van der Waals surface area contributed by atoms with Crippen LogP contribution in [0.3, 0.4) is 0 Å². The lowest BCUT2D eigenvalue weighted by atomic mass is 10.1. The zero-order valence-corrected chi connectivity index (χ0v) is 12.6. The Bertz CT molecular complexity index is 625. The van der Waals surface area contributed by atoms with Crippen LogP contribution < -0.4 is 10.6 Å². The highest BCUT2D eigenvalue weighted by Gasteiger charge is 2.13. The van der Waals surface area contributed by atoms with Gasteiger partial charge < -0.3 is 15.8 Å². The molecule has 0 amide bonds. The van der Waals surface area contributed by atoms with Gasteiger partial charge in [-0.3, -0.25) is 4.98 Å². The van der Waals surface area contributed by atoms with Crippen molar-refractivity contribution in [2.45, 2.75) is 13.0 Å². The van der Waals surface area contributed by atoms with Crippen LogP contribution in [0, 0.1) is 0 Å². The Morgan fingerprint density at radius 1 is 1.29 bits per heavy atom. The van der Waals surface area contributed by atoms with Crippen molar-refractivity contribution in [2.24, 2.45) is 10.9 Å². The molecule has 0 fully saturated rings. The van der Waals surface area contributed by atoms with Crippen molar-refractivity contribution in [2.75, 3.05) is 11.9 Å². The molecule has 0 spiro atoms. The van der Waals surface area contributed by atoms with E-state index in [0.717, 1.165) is 16.3 Å². The second-order valence-electron chi connectivity index (χ2n) is 4.73. The van der Waals surface area contributed by atoms with Crippen LogP contribution in [0.25, 0.3) is 0 Å². The molecule has 0 saturated carbocycles. The number of oxime groups is 1. The van der Waals surface area contributed by atoms with Gasteiger partial charge in [-0.1, -0.05) is 28.9 Å². The molecule has 1 aromatic heterocycles. The average Bonchev–Trinajstić information content (AvgIpc) is 2.53. The molecule has 1 unspecified atom stereocenters. The summed E-state index contributed by atoms with van der Waals surface area (Å²) in [6.45, 7) is 2.10. The fraction of sp³-hybridized carbons (Fsp3) is 0.200. The number of aromatic nitrogens is 1. The first-order chi connectivity index (χ1) is 10.0. The second kappa shape index (κ2) is 6.45. The van der Waals surface area contributed by atoms with Crippen LogP contribution in [0.1, 0.15) is 24.2 Å². The minimum Gasteiger partial charge on any atom is -0.409 e. The summed E-state index contributed by atoms with van der Waals surface area (Å²) in [5, 5.41) is 12.3. The Labute approximate surface area is 128 Å². The van der Waals surface area contributed by atoms with Gasteiger partial charge in [0.2, 0.25) is 0 Å². The topological polar surface area (TPSA) is 74.7 Å². The molecule has 0 bridgehead atoms. The van der Waals surface area contributed by atoms with E-state index < -0.39 is 0 Å². The monoisotopic (exact) mass is 304 g/mol. The standard InChI is InChI=1S/C15H17ClN4O/c1-10(11-3-5-12(16)6-4-11)20(2)13-7-8-14(18-9-13)15(17)19-21/h3-10,21H,1-2H3,(H2,17,19). The lowest BCUT2D eigenvalue weighted by Crippen LogP contribution is -2.22. The van der Waals surface area contributed by atoms with Gasteiger partial charge in [0.25, 0.3) is 0 Å². The molecular formula is C15H17ClN4O. The van der Waals surface area contributed by atoms with Gasteiger partial charge in [-0.05, 0) is 36.8 Å². The first kappa shape index (κ1) is 15.1. The molecule has 0 aliphatic heterocycles. The number of nitrogens with two attached hydrogens (primary N) is 1. The zero-order valence-electron chi connectivity index (χ0n) is 11.9. The summed E-state index contributed by atoms with van der Waals surface area (Å²) in [6, 6.07) is 11.5. The van der Waals surface area contributed by atoms with E-state index in [9.17, 15) is 0 Å². The van der Waals surface area contributed by atoms with E-state index >= 15 is 0 Å². The number of benzene rings is 1. The van der Waals surface area contributed by atoms with Crippen molar-refractivity contribution in [3.05, 3.63) is 58.9 Å². The molecule has 1 atom stereocenters. The predicted molar refractivity (Wildman–Crippen MR) is 85.0 cm³/mol. The number of hydrogen-bond donors (Lipinski definition) is 2. The molecule has 3 N–H and O–H groups in total. The molecular weight excluding hydrogens is 288 g/mol. The largest absolute Gasteiger partial charge is 0.409 e. The lowest BCUT2D eigenvalue weighted by Gasteiger charge is -2.27. The van der Waals surface area contributed by atoms with Crippen molar-refractivity contribution in [1.29, 1.82) is 0 Å². The van der Waals surface area contributed by atoms with Crippen molar-refractivity contribution >= 4 is 23.1 Å². The molecule has 6 heteroatoms. The van der Waals surface area contributed by atoms with Gasteiger partial charge in [-0.2, -0.15) is 0 Å². The molecule has 2 rings (SSSR count). The quantitative estimate of drug-likeness (QED) is 0.394. The molecule has 110 valence electrons. The maximum absolute atomic E-state index is 8.63. The number of amidine groups is 1. The summed E-state index contributed by atoms with van der Waals surface area (Å²) < 4.78 is 0. The first-order valence-corrected chi connectivity index (χ1v) is 6.83. The highest BCUT2D eigenvalue weighted by Crippen LogP contribution is 2.25. The summed E-state index contributed by atoms with van der Waals surface area (Å²) >= 11 is 5.91. The highest BCUT2D eigenvalue weighted by molar-refractivity contribution is 6.30. The minimum absolute atomic E-state index is 0.00467. The molecule has 0 aliphatic rings. The Balaban J connectivity index is 2.19. The number of anilines is 1. The van der Waals surface area contributed by atoms with Crippen molar-refractivity contribution in [1.82, 2.24) is 4.98 Å². The van der Waals surface area contributed by atoms with E-state index in [1.807, 2.05) is 37.4 Å². The SMILES string of the molecule is CC(c1ccc(Cl)cc1)N(C)c1ccc(/C(N)=N/O)nc1. The summed E-state index contributed by atoms with van der Waals surface area (Å²) in [5.74, 6) is -0.00467. The fourth-order valence-electron chi connectivity index (χ4n) is 1.99. The Kier molecular flexibility index (Phi) is 4.65. The van der Waals surface area contributed by atoms with Crippen LogP contribution in [-0.2, 0) is 0 Å². The fourth-order valence-corrected chi connectivity index (χ4v) is 2.11. The molecule has 1 aromatic carbocycles. The number of pyridine rings is 1. The van der Waals surface area contributed by atoms with Crippen LogP contribution in [0.4, 0.5) is 5.69 Å². The van der Waals surface area contributed by atoms with Crippen LogP contribution in [0.2, 0.25) is 5.02 Å². The Hall–Kier alpha value is -2.27. The Morgan fingerprint density at radius 3 is 2.48 bits per heavy atom. The molecule has 21 heavy (non-hydrogen) atoms. The molecule has 1 heterocycles. The van der Waals surface area contributed by atoms with Gasteiger partial charge in [-0.15, -0.1) is 0 Å². The van der Waals surface area contributed by atoms with Crippen LogP contribution >= 0.6 is 11.6 Å². The van der Waals surface area contributed by atoms with Gasteiger partial charge in [0, 0.05) is 12.1 Å². The van der Waals surface area contributed by atoms with E-state index in [1.54, 1.807) is 12.3 Å². The van der Waals surface area contributed by atoms with Crippen molar-refractivity contribution in [3.63, 3.8) is 0 Å². The maximum atomic E-state index is 8.63. The molecule has 0 aliphatic carbocycles. The predicted octanol–water partition coefficient (Wildman–Crippen LogP) is 3.03. The van der Waals surface area contributed by atoms with E-state index in [2.05, 4.69) is 22.0 Å². The van der Waals surface area contributed by atoms with Gasteiger partial charge in [0.1, 0.15) is 5.69 Å². The summed E-state index contributed by atoms with van der Waals surface area (Å²) in [4.78, 5) is 6.27. The summed E-state index contributed by atoms with van der Waals surface area (Å²) in [5.41, 5.74) is 8.03. The summed E-state index contributed by atoms with van der Waals surface area (Å²) in [6.07, 6.45) is 1.69. The highest BCUT2D eigenvalue weighted by atomic mass is 35.5. The van der Waals surface area contributed by atoms with Gasteiger partial charge in [-0.25, -0.2) is 0 Å². The molecule has 2 aromatic rings. The first-order valence-electron chi connectivity index (χ1n) is 6.45. The van der Waals surface area contributed by atoms with Gasteiger partial charge >= 0.3 is 0 Å². The third-order valence-electron chi connectivity index (χ3n) is 3.46. The zero-order chi connectivity index (χ0) is 15.4. The third kappa shape index (κ3) is 3.44. The Morgan fingerprint density at radius 2 is 1.95 bits per heavy atom. The van der Waals surface area contributed by atoms with Crippen LogP contribution in [0.5, 0.6) is 0 Å². The van der Waals surface area contributed by atoms with Crippen molar-refractivity contribution < 1.29 is 5.21 Å². The van der Waals surface area contributed by atoms with Gasteiger partial charge in [0.15, 0.2) is 5.84 Å². The minimum atomic E-state index is -0.00467. The van der Waals surface area contributed by atoms with E-state index in [0.29, 0.717) is 5.69 Å². The van der Waals surface area contributed by atoms with Crippen molar-refractivity contribution in [3.8, 4) is 0 Å². The normalized spacial score (nSPS) is 13.0. The van der Waals surface area contributed by atoms with Crippen LogP contribution in [-0.4, -0.2) is 23.1 Å². The second-order valence-corrected chi connectivity index (χ2v) is 5.16. The lowest BCUT2D eigenvalue weighted by molar-refractivity contribution is 0.318. The van der Waals surface area contributed by atoms with Gasteiger partial charge in [0.05, 0.1) is 17.9 Å². The average molecular weight is 305 g/mol. The van der Waals surface area contributed by atoms with E-state index in [4.69, 9.17) is 22.5 Å². The molecule has 5 nitrogen and oxygen atoms in total. The van der Waals surface area contributed by atoms with E-state index in [-0.39, 0.29) is 11.9 Å². The third-order valence-corrected chi connectivity index (χ3v) is 3.71. The van der Waals surface area contributed by atoms with E-state index in [1.165, 1.54) is 0 Å². The number of hydrogen-bond acceptors (Lipinski definition) is 4. The number of nitrogens with zero attached hydrogens (tertiary/aromatic N) is 3. The summed E-state index contributed by atoms with van der Waals surface area (Å²) in [7, 11) is 1.99. The smallest absolute Gasteiger partial charge is 0.188 e. The number of halogens is 1. The molecule has 0 radical (unpaired) electrons. The molecule has 0 saturated heterocycles. The van der Waals surface area contributed by atoms with Crippen LogP contribution in [0.15, 0.2) is 47.8 Å².